The van der Waals surface area contributed by atoms with Crippen molar-refractivity contribution in [1.82, 2.24) is 4.98 Å². The van der Waals surface area contributed by atoms with Crippen LogP contribution in [-0.2, 0) is 14.8 Å². The van der Waals surface area contributed by atoms with Crippen molar-refractivity contribution < 1.29 is 13.2 Å². The van der Waals surface area contributed by atoms with Crippen molar-refractivity contribution in [3.05, 3.63) is 88.7 Å². The van der Waals surface area contributed by atoms with Crippen LogP contribution in [-0.4, -0.2) is 25.1 Å². The van der Waals surface area contributed by atoms with Gasteiger partial charge in [-0.05, 0) is 48.5 Å². The van der Waals surface area contributed by atoms with E-state index in [4.69, 9.17) is 0 Å². The van der Waals surface area contributed by atoms with Crippen molar-refractivity contribution in [2.24, 2.45) is 0 Å². The number of sulfonamides is 1. The molecule has 2 N–H and O–H groups in total. The molecule has 1 amide bonds. The number of carbonyl (C=O) groups excluding carboxylic acids is 1. The Balaban J connectivity index is 1.30. The largest absolute Gasteiger partial charge is 0.301 e. The molecule has 0 aliphatic heterocycles. The third-order valence-corrected chi connectivity index (χ3v) is 8.12. The Morgan fingerprint density at radius 3 is 2.36 bits per heavy atom. The van der Waals surface area contributed by atoms with Crippen LogP contribution in [0.4, 0.5) is 10.8 Å². The molecule has 0 bridgehead atoms. The fourth-order valence-electron chi connectivity index (χ4n) is 2.82. The van der Waals surface area contributed by atoms with Gasteiger partial charge in [-0.1, -0.05) is 46.3 Å². The van der Waals surface area contributed by atoms with Gasteiger partial charge >= 0.3 is 0 Å². The molecule has 168 valence electrons. The molecule has 0 radical (unpaired) electrons. The van der Waals surface area contributed by atoms with Crippen LogP contribution in [0.25, 0.3) is 11.3 Å². The van der Waals surface area contributed by atoms with Crippen LogP contribution in [0.3, 0.4) is 0 Å². The van der Waals surface area contributed by atoms with Gasteiger partial charge in [0.2, 0.25) is 5.91 Å². The van der Waals surface area contributed by atoms with Crippen molar-refractivity contribution in [3.8, 4) is 11.3 Å². The second-order valence-electron chi connectivity index (χ2n) is 6.82. The van der Waals surface area contributed by atoms with Crippen LogP contribution in [0.1, 0.15) is 0 Å². The number of thiazole rings is 1. The fourth-order valence-corrected chi connectivity index (χ4v) is 5.60. The molecule has 0 aliphatic rings. The van der Waals surface area contributed by atoms with Gasteiger partial charge in [-0.15, -0.1) is 23.1 Å². The number of anilines is 2. The van der Waals surface area contributed by atoms with Crippen LogP contribution in [0.5, 0.6) is 0 Å². The van der Waals surface area contributed by atoms with Crippen molar-refractivity contribution in [2.45, 2.75) is 9.79 Å². The molecule has 0 spiro atoms. The molecule has 1 aromatic heterocycles. The minimum Gasteiger partial charge on any atom is -0.301 e. The van der Waals surface area contributed by atoms with Gasteiger partial charge in [0.1, 0.15) is 0 Å². The summed E-state index contributed by atoms with van der Waals surface area (Å²) in [4.78, 5) is 17.8. The summed E-state index contributed by atoms with van der Waals surface area (Å²) in [5.74, 6) is 0.0491. The van der Waals surface area contributed by atoms with Crippen molar-refractivity contribution >= 4 is 65.8 Å². The van der Waals surface area contributed by atoms with Crippen LogP contribution in [0.2, 0.25) is 0 Å². The van der Waals surface area contributed by atoms with Gasteiger partial charge in [-0.3, -0.25) is 9.52 Å². The number of benzene rings is 3. The van der Waals surface area contributed by atoms with E-state index in [1.54, 1.807) is 42.5 Å². The lowest BCUT2D eigenvalue weighted by molar-refractivity contribution is -0.113. The number of amides is 1. The standard InChI is InChI=1S/C23H18BrN3O3S3/c24-17-8-6-16(7-9-17)21-14-32-23(25-21)26-22(28)15-31-19-12-10-18(11-13-19)27-33(29,30)20-4-2-1-3-5-20/h1-14,27H,15H2,(H,25,26,28). The Morgan fingerprint density at radius 2 is 1.67 bits per heavy atom. The molecule has 0 saturated carbocycles. The Labute approximate surface area is 208 Å². The number of aromatic nitrogens is 1. The van der Waals surface area contributed by atoms with Crippen molar-refractivity contribution in [2.75, 3.05) is 15.8 Å². The lowest BCUT2D eigenvalue weighted by Gasteiger charge is -2.09. The molecule has 4 aromatic rings. The van der Waals surface area contributed by atoms with E-state index in [0.717, 1.165) is 20.6 Å². The Bertz CT molecular complexity index is 1340. The molecule has 0 atom stereocenters. The summed E-state index contributed by atoms with van der Waals surface area (Å²) in [5.41, 5.74) is 2.24. The zero-order valence-corrected chi connectivity index (χ0v) is 21.1. The number of hydrogen-bond acceptors (Lipinski definition) is 6. The second kappa shape index (κ2) is 10.5. The van der Waals surface area contributed by atoms with Gasteiger partial charge in [0.25, 0.3) is 10.0 Å². The zero-order chi connectivity index (χ0) is 23.3. The summed E-state index contributed by atoms with van der Waals surface area (Å²) in [6.45, 7) is 0. The average molecular weight is 561 g/mol. The number of nitrogens with zero attached hydrogens (tertiary/aromatic N) is 1. The monoisotopic (exact) mass is 559 g/mol. The first-order valence-corrected chi connectivity index (χ1v) is 13.9. The van der Waals surface area contributed by atoms with Crippen molar-refractivity contribution in [1.29, 1.82) is 0 Å². The van der Waals surface area contributed by atoms with Gasteiger partial charge in [-0.25, -0.2) is 13.4 Å². The lowest BCUT2D eigenvalue weighted by atomic mass is 10.2. The van der Waals surface area contributed by atoms with Gasteiger partial charge in [0.05, 0.1) is 16.3 Å². The number of carbonyl (C=O) groups is 1. The van der Waals surface area contributed by atoms with Gasteiger partial charge in [0, 0.05) is 26.0 Å². The van der Waals surface area contributed by atoms with E-state index in [1.807, 2.05) is 29.6 Å². The molecular weight excluding hydrogens is 542 g/mol. The van der Waals surface area contributed by atoms with E-state index < -0.39 is 10.0 Å². The van der Waals surface area contributed by atoms with Gasteiger partial charge in [0.15, 0.2) is 5.13 Å². The van der Waals surface area contributed by atoms with E-state index >= 15 is 0 Å². The first-order valence-electron chi connectivity index (χ1n) is 9.71. The molecule has 4 rings (SSSR count). The molecule has 0 saturated heterocycles. The Morgan fingerprint density at radius 1 is 0.970 bits per heavy atom. The molecule has 0 unspecified atom stereocenters. The van der Waals surface area contributed by atoms with E-state index in [2.05, 4.69) is 31.0 Å². The maximum Gasteiger partial charge on any atom is 0.261 e. The summed E-state index contributed by atoms with van der Waals surface area (Å²) < 4.78 is 28.4. The number of halogens is 1. The predicted octanol–water partition coefficient (Wildman–Crippen LogP) is 6.10. The molecule has 10 heteroatoms. The highest BCUT2D eigenvalue weighted by Crippen LogP contribution is 2.27. The summed E-state index contributed by atoms with van der Waals surface area (Å²) in [6, 6.07) is 22.9. The third kappa shape index (κ3) is 6.44. The summed E-state index contributed by atoms with van der Waals surface area (Å²) in [5, 5.41) is 5.27. The normalized spacial score (nSPS) is 11.2. The van der Waals surface area contributed by atoms with Gasteiger partial charge in [-0.2, -0.15) is 0 Å². The first kappa shape index (κ1) is 23.5. The molecule has 0 fully saturated rings. The fraction of sp³-hybridized carbons (Fsp3) is 0.0435. The van der Waals surface area contributed by atoms with E-state index in [0.29, 0.717) is 10.8 Å². The molecule has 3 aromatic carbocycles. The maximum atomic E-state index is 12.4. The van der Waals surface area contributed by atoms with E-state index in [-0.39, 0.29) is 16.6 Å². The quantitative estimate of drug-likeness (QED) is 0.254. The summed E-state index contributed by atoms with van der Waals surface area (Å²) in [7, 11) is -3.64. The maximum absolute atomic E-state index is 12.4. The highest BCUT2D eigenvalue weighted by atomic mass is 79.9. The zero-order valence-electron chi connectivity index (χ0n) is 17.1. The second-order valence-corrected chi connectivity index (χ2v) is 11.3. The highest BCUT2D eigenvalue weighted by molar-refractivity contribution is 9.10. The minimum absolute atomic E-state index is 0.162. The number of thioether (sulfide) groups is 1. The molecule has 1 heterocycles. The topological polar surface area (TPSA) is 88.2 Å². The van der Waals surface area contributed by atoms with Gasteiger partial charge < -0.3 is 5.32 Å². The number of hydrogen-bond donors (Lipinski definition) is 2. The van der Waals surface area contributed by atoms with Crippen LogP contribution in [0.15, 0.2) is 98.5 Å². The third-order valence-electron chi connectivity index (χ3n) is 4.42. The highest BCUT2D eigenvalue weighted by Gasteiger charge is 2.13. The van der Waals surface area contributed by atoms with Crippen molar-refractivity contribution in [3.63, 3.8) is 0 Å². The molecular formula is C23H18BrN3O3S3. The predicted molar refractivity (Wildman–Crippen MR) is 138 cm³/mol. The van der Waals surface area contributed by atoms with E-state index in [9.17, 15) is 13.2 Å². The number of rotatable bonds is 8. The SMILES string of the molecule is O=C(CSc1ccc(NS(=O)(=O)c2ccccc2)cc1)Nc1nc(-c2ccc(Br)cc2)cs1. The Kier molecular flexibility index (Phi) is 7.49. The first-order chi connectivity index (χ1) is 15.9. The lowest BCUT2D eigenvalue weighted by Crippen LogP contribution is -2.14. The van der Waals surface area contributed by atoms with E-state index in [1.165, 1.54) is 35.2 Å². The minimum atomic E-state index is -3.64. The summed E-state index contributed by atoms with van der Waals surface area (Å²) in [6.07, 6.45) is 0. The number of nitrogens with one attached hydrogen (secondary N) is 2. The summed E-state index contributed by atoms with van der Waals surface area (Å²) >= 11 is 6.14. The molecule has 0 aliphatic carbocycles. The molecule has 33 heavy (non-hydrogen) atoms. The van der Waals surface area contributed by atoms with Crippen LogP contribution in [0, 0.1) is 0 Å². The molecule has 6 nitrogen and oxygen atoms in total. The average Bonchev–Trinajstić information content (AvgIpc) is 3.28. The smallest absolute Gasteiger partial charge is 0.261 e. The van der Waals surface area contributed by atoms with Crippen LogP contribution < -0.4 is 10.0 Å². The van der Waals surface area contributed by atoms with Crippen LogP contribution >= 0.6 is 39.0 Å². The Hall–Kier alpha value is -2.66.